The van der Waals surface area contributed by atoms with E-state index < -0.39 is 5.97 Å². The fraction of sp³-hybridized carbons (Fsp3) is 0.579. The fourth-order valence-electron chi connectivity index (χ4n) is 3.86. The van der Waals surface area contributed by atoms with Crippen LogP contribution in [0.2, 0.25) is 0 Å². The average Bonchev–Trinajstić information content (AvgIpc) is 3.06. The van der Waals surface area contributed by atoms with Gasteiger partial charge in [0.05, 0.1) is 5.69 Å². The van der Waals surface area contributed by atoms with Gasteiger partial charge in [0.1, 0.15) is 4.88 Å². The third-order valence-corrected chi connectivity index (χ3v) is 6.20. The molecular formula is C19H25NO3S. The first-order valence-electron chi connectivity index (χ1n) is 8.86. The van der Waals surface area contributed by atoms with Gasteiger partial charge in [-0.25, -0.2) is 4.79 Å². The van der Waals surface area contributed by atoms with Crippen molar-refractivity contribution in [1.29, 1.82) is 0 Å². The zero-order chi connectivity index (χ0) is 17.1. The van der Waals surface area contributed by atoms with Crippen molar-refractivity contribution in [3.8, 4) is 0 Å². The van der Waals surface area contributed by atoms with Gasteiger partial charge in [-0.1, -0.05) is 19.1 Å². The number of carboxylic acid groups (broad SMARTS) is 1. The van der Waals surface area contributed by atoms with E-state index in [1.807, 2.05) is 4.90 Å². The van der Waals surface area contributed by atoms with Crippen molar-refractivity contribution in [2.75, 3.05) is 4.90 Å². The number of nitrogens with zero attached hydrogens (tertiary/aromatic N) is 1. The minimum Gasteiger partial charge on any atom is -0.477 e. The van der Waals surface area contributed by atoms with Gasteiger partial charge in [0.2, 0.25) is 5.91 Å². The van der Waals surface area contributed by atoms with E-state index >= 15 is 0 Å². The van der Waals surface area contributed by atoms with Crippen molar-refractivity contribution in [1.82, 2.24) is 0 Å². The largest absolute Gasteiger partial charge is 0.477 e. The van der Waals surface area contributed by atoms with E-state index in [9.17, 15) is 14.7 Å². The molecule has 3 rings (SSSR count). The number of amides is 1. The Morgan fingerprint density at radius 1 is 1.17 bits per heavy atom. The predicted molar refractivity (Wildman–Crippen MR) is 96.7 cm³/mol. The number of hydrogen-bond acceptors (Lipinski definition) is 3. The van der Waals surface area contributed by atoms with Crippen LogP contribution in [0, 0.1) is 11.8 Å². The summed E-state index contributed by atoms with van der Waals surface area (Å²) in [6.45, 7) is 2.24. The molecule has 1 saturated carbocycles. The number of anilines is 1. The van der Waals surface area contributed by atoms with E-state index in [1.165, 1.54) is 11.3 Å². The van der Waals surface area contributed by atoms with E-state index in [1.54, 1.807) is 11.4 Å². The van der Waals surface area contributed by atoms with Gasteiger partial charge in [-0.15, -0.1) is 11.3 Å². The second-order valence-corrected chi connectivity index (χ2v) is 7.96. The number of carboxylic acids is 1. The van der Waals surface area contributed by atoms with Crippen molar-refractivity contribution in [3.63, 3.8) is 0 Å². The summed E-state index contributed by atoms with van der Waals surface area (Å²) in [7, 11) is 0. The van der Waals surface area contributed by atoms with Gasteiger partial charge in [0.25, 0.3) is 0 Å². The van der Waals surface area contributed by atoms with Crippen LogP contribution in [0.15, 0.2) is 23.6 Å². The molecule has 4 nitrogen and oxygen atoms in total. The SMILES string of the molecule is CC1CCC(C(=O)N(c2ccsc2C(=O)O)C2CC=CCC2)CC1. The van der Waals surface area contributed by atoms with Crippen LogP contribution in [-0.4, -0.2) is 23.0 Å². The summed E-state index contributed by atoms with van der Waals surface area (Å²) in [5.74, 6) is -0.0889. The first kappa shape index (κ1) is 17.2. The van der Waals surface area contributed by atoms with Gasteiger partial charge in [-0.3, -0.25) is 4.79 Å². The lowest BCUT2D eigenvalue weighted by atomic mass is 9.82. The number of rotatable bonds is 4. The third kappa shape index (κ3) is 3.56. The summed E-state index contributed by atoms with van der Waals surface area (Å²) >= 11 is 1.20. The zero-order valence-corrected chi connectivity index (χ0v) is 14.9. The van der Waals surface area contributed by atoms with Crippen LogP contribution >= 0.6 is 11.3 Å². The fourth-order valence-corrected chi connectivity index (χ4v) is 4.58. The molecule has 130 valence electrons. The molecule has 1 heterocycles. The second-order valence-electron chi connectivity index (χ2n) is 7.04. The Bertz CT molecular complexity index is 628. The van der Waals surface area contributed by atoms with Crippen LogP contribution in [0.4, 0.5) is 5.69 Å². The minimum atomic E-state index is -0.943. The van der Waals surface area contributed by atoms with Crippen molar-refractivity contribution >= 4 is 28.9 Å². The number of hydrogen-bond donors (Lipinski definition) is 1. The topological polar surface area (TPSA) is 57.6 Å². The molecule has 24 heavy (non-hydrogen) atoms. The maximum absolute atomic E-state index is 13.3. The van der Waals surface area contributed by atoms with E-state index in [0.717, 1.165) is 44.9 Å². The molecule has 2 aliphatic carbocycles. The Hall–Kier alpha value is -1.62. The Kier molecular flexibility index (Phi) is 5.39. The molecule has 1 atom stereocenters. The number of aromatic carboxylic acids is 1. The molecule has 1 unspecified atom stereocenters. The lowest BCUT2D eigenvalue weighted by molar-refractivity contribution is -0.124. The molecule has 1 amide bonds. The molecule has 0 saturated heterocycles. The van der Waals surface area contributed by atoms with E-state index in [2.05, 4.69) is 19.1 Å². The van der Waals surface area contributed by atoms with E-state index in [-0.39, 0.29) is 22.7 Å². The second kappa shape index (κ2) is 7.51. The van der Waals surface area contributed by atoms with Crippen LogP contribution in [-0.2, 0) is 4.79 Å². The summed E-state index contributed by atoms with van der Waals surface area (Å²) in [6.07, 6.45) is 10.9. The van der Waals surface area contributed by atoms with Gasteiger partial charge in [-0.05, 0) is 62.3 Å². The first-order valence-corrected chi connectivity index (χ1v) is 9.74. The zero-order valence-electron chi connectivity index (χ0n) is 14.1. The molecule has 0 bridgehead atoms. The lowest BCUT2D eigenvalue weighted by Crippen LogP contribution is -2.45. The highest BCUT2D eigenvalue weighted by atomic mass is 32.1. The molecule has 5 heteroatoms. The number of thiophene rings is 1. The average molecular weight is 347 g/mol. The number of allylic oxidation sites excluding steroid dienone is 1. The molecule has 0 aliphatic heterocycles. The molecule has 1 fully saturated rings. The Morgan fingerprint density at radius 2 is 1.92 bits per heavy atom. The van der Waals surface area contributed by atoms with Crippen LogP contribution in [0.3, 0.4) is 0 Å². The van der Waals surface area contributed by atoms with Crippen molar-refractivity contribution < 1.29 is 14.7 Å². The van der Waals surface area contributed by atoms with Gasteiger partial charge in [0.15, 0.2) is 0 Å². The minimum absolute atomic E-state index is 0.0358. The van der Waals surface area contributed by atoms with Crippen LogP contribution in [0.1, 0.15) is 61.5 Å². The Balaban J connectivity index is 1.89. The molecule has 1 aromatic rings. The Labute approximate surface area is 147 Å². The third-order valence-electron chi connectivity index (χ3n) is 5.31. The van der Waals surface area contributed by atoms with Crippen molar-refractivity contribution in [2.45, 2.75) is 57.9 Å². The molecule has 0 aromatic carbocycles. The molecule has 0 spiro atoms. The summed E-state index contributed by atoms with van der Waals surface area (Å²) in [6, 6.07) is 1.88. The monoisotopic (exact) mass is 347 g/mol. The van der Waals surface area contributed by atoms with Crippen LogP contribution < -0.4 is 4.90 Å². The standard InChI is InChI=1S/C19H25NO3S/c1-13-7-9-14(10-8-13)18(21)20(15-5-3-2-4-6-15)16-11-12-24-17(16)19(22)23/h2-3,11-15H,4-10H2,1H3,(H,22,23). The number of carbonyl (C=O) groups excluding carboxylic acids is 1. The van der Waals surface area contributed by atoms with E-state index in [0.29, 0.717) is 11.6 Å². The highest BCUT2D eigenvalue weighted by Crippen LogP contribution is 2.36. The van der Waals surface area contributed by atoms with Crippen molar-refractivity contribution in [2.24, 2.45) is 11.8 Å². The molecule has 1 aromatic heterocycles. The molecular weight excluding hydrogens is 322 g/mol. The lowest BCUT2D eigenvalue weighted by Gasteiger charge is -2.36. The van der Waals surface area contributed by atoms with Crippen LogP contribution in [0.5, 0.6) is 0 Å². The summed E-state index contributed by atoms with van der Waals surface area (Å²) in [5.41, 5.74) is 0.594. The highest BCUT2D eigenvalue weighted by molar-refractivity contribution is 7.12. The van der Waals surface area contributed by atoms with E-state index in [4.69, 9.17) is 0 Å². The quantitative estimate of drug-likeness (QED) is 0.802. The van der Waals surface area contributed by atoms with Gasteiger partial charge >= 0.3 is 5.97 Å². The van der Waals surface area contributed by atoms with Crippen molar-refractivity contribution in [3.05, 3.63) is 28.5 Å². The van der Waals surface area contributed by atoms with Gasteiger partial charge in [-0.2, -0.15) is 0 Å². The molecule has 1 N–H and O–H groups in total. The molecule has 0 radical (unpaired) electrons. The Morgan fingerprint density at radius 3 is 2.54 bits per heavy atom. The smallest absolute Gasteiger partial charge is 0.348 e. The first-order chi connectivity index (χ1) is 11.6. The predicted octanol–water partition coefficient (Wildman–Crippen LogP) is 4.71. The van der Waals surface area contributed by atoms with Gasteiger partial charge in [0, 0.05) is 12.0 Å². The summed E-state index contributed by atoms with van der Waals surface area (Å²) < 4.78 is 0. The van der Waals surface area contributed by atoms with Gasteiger partial charge < -0.3 is 10.0 Å². The summed E-state index contributed by atoms with van der Waals surface area (Å²) in [5, 5.41) is 11.3. The normalized spacial score (nSPS) is 27.0. The highest BCUT2D eigenvalue weighted by Gasteiger charge is 2.35. The maximum atomic E-state index is 13.3. The molecule has 2 aliphatic rings. The van der Waals surface area contributed by atoms with Crippen LogP contribution in [0.25, 0.3) is 0 Å². The summed E-state index contributed by atoms with van der Waals surface area (Å²) in [4.78, 5) is 27.0. The number of carbonyl (C=O) groups is 2. The maximum Gasteiger partial charge on any atom is 0.348 e.